The molecule has 1 heteroatoms. The summed E-state index contributed by atoms with van der Waals surface area (Å²) in [4.78, 5) is 0. The molecule has 1 aromatic heterocycles. The molecule has 0 bridgehead atoms. The van der Waals surface area contributed by atoms with Crippen molar-refractivity contribution in [3.8, 4) is 44.5 Å². The quantitative estimate of drug-likeness (QED) is 0.190. The van der Waals surface area contributed by atoms with Crippen molar-refractivity contribution in [2.24, 2.45) is 0 Å². The van der Waals surface area contributed by atoms with Gasteiger partial charge in [0.05, 0.1) is 6.85 Å². The van der Waals surface area contributed by atoms with Gasteiger partial charge in [-0.05, 0) is 96.4 Å². The molecule has 210 valence electrons. The molecule has 0 unspecified atom stereocenters. The Kier molecular flexibility index (Phi) is 4.81. The Morgan fingerprint density at radius 3 is 1.42 bits per heavy atom. The van der Waals surface area contributed by atoms with Crippen molar-refractivity contribution in [2.45, 2.75) is 0 Å². The second-order valence-electron chi connectivity index (χ2n) is 11.3. The Morgan fingerprint density at radius 1 is 0.333 bits per heavy atom. The van der Waals surface area contributed by atoms with Crippen molar-refractivity contribution in [3.05, 3.63) is 170 Å². The van der Waals surface area contributed by atoms with E-state index in [2.05, 4.69) is 115 Å². The van der Waals surface area contributed by atoms with E-state index in [4.69, 9.17) is 11.3 Å². The van der Waals surface area contributed by atoms with E-state index in [0.29, 0.717) is 16.7 Å². The molecule has 0 N–H and O–H groups in total. The fourth-order valence-corrected chi connectivity index (χ4v) is 6.72. The predicted molar refractivity (Wildman–Crippen MR) is 190 cm³/mol. The van der Waals surface area contributed by atoms with Gasteiger partial charge in [-0.15, -0.1) is 0 Å². The van der Waals surface area contributed by atoms with E-state index in [-0.39, 0.29) is 29.7 Å². The molecule has 1 nitrogen and oxygen atoms in total. The number of hydrogen-bond donors (Lipinski definition) is 0. The molecular formula is C44H28O. The average Bonchev–Trinajstić information content (AvgIpc) is 3.53. The summed E-state index contributed by atoms with van der Waals surface area (Å²) >= 11 is 0. The van der Waals surface area contributed by atoms with E-state index in [1.165, 1.54) is 27.5 Å². The van der Waals surface area contributed by atoms with Gasteiger partial charge in [-0.25, -0.2) is 0 Å². The van der Waals surface area contributed by atoms with Crippen LogP contribution in [-0.2, 0) is 0 Å². The molecule has 0 aliphatic rings. The summed E-state index contributed by atoms with van der Waals surface area (Å²) in [5, 5.41) is 6.46. The lowest BCUT2D eigenvalue weighted by Gasteiger charge is -2.18. The van der Waals surface area contributed by atoms with Gasteiger partial charge in [-0.1, -0.05) is 139 Å². The zero-order chi connectivity index (χ0) is 34.1. The SMILES string of the molecule is [2H]c1c([2H])c([2H])c(-c2ccc3c(c2)oc2cc(-c4c5ccccc5c(-c5cccc(-c6ccccc6)c5)c5ccccc45)ccc23)c([2H])c1[2H]. The first kappa shape index (κ1) is 20.9. The van der Waals surface area contributed by atoms with Crippen LogP contribution in [0.3, 0.4) is 0 Å². The molecule has 0 amide bonds. The smallest absolute Gasteiger partial charge is 0.136 e. The summed E-state index contributed by atoms with van der Waals surface area (Å²) in [6.45, 7) is 0. The van der Waals surface area contributed by atoms with Crippen molar-refractivity contribution in [1.82, 2.24) is 0 Å². The first-order chi connectivity index (χ1) is 24.4. The maximum absolute atomic E-state index is 8.46. The van der Waals surface area contributed by atoms with Crippen LogP contribution in [0.1, 0.15) is 6.85 Å². The van der Waals surface area contributed by atoms with E-state index >= 15 is 0 Å². The molecule has 9 rings (SSSR count). The molecule has 0 saturated heterocycles. The first-order valence-corrected chi connectivity index (χ1v) is 15.0. The molecule has 0 radical (unpaired) electrons. The maximum atomic E-state index is 8.46. The molecule has 8 aromatic carbocycles. The lowest BCUT2D eigenvalue weighted by molar-refractivity contribution is 0.669. The molecule has 0 aliphatic carbocycles. The molecule has 0 saturated carbocycles. The van der Waals surface area contributed by atoms with Gasteiger partial charge >= 0.3 is 0 Å². The Balaban J connectivity index is 1.24. The standard InChI is InChI=1S/C44H28O/c1-3-12-29(13-4-1)31-16-11-17-33(26-31)43-37-18-7-9-20-39(37)44(40-21-10-8-19-38(40)43)34-23-25-36-35-24-22-32(30-14-5-2-6-15-30)27-41(35)45-42(36)28-34/h1-28H/i2D,5D,6D,14D,15D. The van der Waals surface area contributed by atoms with Crippen molar-refractivity contribution >= 4 is 43.5 Å². The van der Waals surface area contributed by atoms with Crippen LogP contribution in [0.2, 0.25) is 0 Å². The van der Waals surface area contributed by atoms with Gasteiger partial charge in [-0.2, -0.15) is 0 Å². The van der Waals surface area contributed by atoms with Crippen LogP contribution in [0.15, 0.2) is 174 Å². The Morgan fingerprint density at radius 2 is 0.800 bits per heavy atom. The Labute approximate surface area is 268 Å². The van der Waals surface area contributed by atoms with Crippen LogP contribution >= 0.6 is 0 Å². The molecule has 0 spiro atoms. The highest BCUT2D eigenvalue weighted by molar-refractivity contribution is 6.22. The third-order valence-corrected chi connectivity index (χ3v) is 8.74. The number of fused-ring (bicyclic) bond motifs is 5. The van der Waals surface area contributed by atoms with Crippen LogP contribution in [0, 0.1) is 0 Å². The summed E-state index contributed by atoms with van der Waals surface area (Å²) in [5.41, 5.74) is 8.83. The molecule has 0 aliphatic heterocycles. The van der Waals surface area contributed by atoms with Crippen LogP contribution in [-0.4, -0.2) is 0 Å². The van der Waals surface area contributed by atoms with Gasteiger partial charge in [-0.3, -0.25) is 0 Å². The molecule has 45 heavy (non-hydrogen) atoms. The second kappa shape index (κ2) is 10.4. The van der Waals surface area contributed by atoms with Crippen molar-refractivity contribution in [3.63, 3.8) is 0 Å². The first-order valence-electron chi connectivity index (χ1n) is 17.5. The van der Waals surface area contributed by atoms with Gasteiger partial charge in [0, 0.05) is 10.8 Å². The van der Waals surface area contributed by atoms with Crippen LogP contribution < -0.4 is 0 Å². The van der Waals surface area contributed by atoms with Crippen LogP contribution in [0.5, 0.6) is 0 Å². The molecule has 1 heterocycles. The van der Waals surface area contributed by atoms with E-state index in [1.54, 1.807) is 12.1 Å². The second-order valence-corrected chi connectivity index (χ2v) is 11.3. The lowest BCUT2D eigenvalue weighted by Crippen LogP contribution is -1.91. The minimum atomic E-state index is -0.408. The summed E-state index contributed by atoms with van der Waals surface area (Å²) in [5.74, 6) is 0. The monoisotopic (exact) mass is 577 g/mol. The van der Waals surface area contributed by atoms with E-state index in [0.717, 1.165) is 38.2 Å². The van der Waals surface area contributed by atoms with Gasteiger partial charge in [0.2, 0.25) is 0 Å². The average molecular weight is 578 g/mol. The zero-order valence-corrected chi connectivity index (χ0v) is 24.2. The third kappa shape index (κ3) is 4.24. The van der Waals surface area contributed by atoms with Crippen LogP contribution in [0.25, 0.3) is 88.0 Å². The topological polar surface area (TPSA) is 13.1 Å². The summed E-state index contributed by atoms with van der Waals surface area (Å²) in [6, 6.07) is 46.6. The predicted octanol–water partition coefficient (Wildman–Crippen LogP) is 12.6. The van der Waals surface area contributed by atoms with E-state index in [1.807, 2.05) is 12.1 Å². The summed E-state index contributed by atoms with van der Waals surface area (Å²) in [7, 11) is 0. The van der Waals surface area contributed by atoms with Crippen molar-refractivity contribution in [2.75, 3.05) is 0 Å². The van der Waals surface area contributed by atoms with Gasteiger partial charge in [0.1, 0.15) is 11.2 Å². The number of benzene rings is 8. The highest BCUT2D eigenvalue weighted by Crippen LogP contribution is 2.45. The van der Waals surface area contributed by atoms with E-state index in [9.17, 15) is 0 Å². The van der Waals surface area contributed by atoms with Gasteiger partial charge in [0.15, 0.2) is 0 Å². The van der Waals surface area contributed by atoms with Gasteiger partial charge < -0.3 is 4.42 Å². The highest BCUT2D eigenvalue weighted by Gasteiger charge is 2.18. The third-order valence-electron chi connectivity index (χ3n) is 8.74. The minimum Gasteiger partial charge on any atom is -0.456 e. The van der Waals surface area contributed by atoms with Crippen molar-refractivity contribution in [1.29, 1.82) is 0 Å². The van der Waals surface area contributed by atoms with E-state index < -0.39 is 6.04 Å². The molecule has 0 atom stereocenters. The number of rotatable bonds is 4. The minimum absolute atomic E-state index is 0.159. The molecule has 9 aromatic rings. The fourth-order valence-electron chi connectivity index (χ4n) is 6.72. The fraction of sp³-hybridized carbons (Fsp3) is 0. The number of furan rings is 1. The Bertz CT molecular complexity index is 2730. The highest BCUT2D eigenvalue weighted by atomic mass is 16.3. The zero-order valence-electron chi connectivity index (χ0n) is 29.2. The summed E-state index contributed by atoms with van der Waals surface area (Å²) < 4.78 is 47.6. The van der Waals surface area contributed by atoms with Crippen LogP contribution in [0.4, 0.5) is 0 Å². The van der Waals surface area contributed by atoms with Crippen molar-refractivity contribution < 1.29 is 11.3 Å². The Hall–Kier alpha value is -5.92. The summed E-state index contributed by atoms with van der Waals surface area (Å²) in [6.07, 6.45) is 0. The normalized spacial score (nSPS) is 13.1. The lowest BCUT2D eigenvalue weighted by atomic mass is 9.85. The largest absolute Gasteiger partial charge is 0.456 e. The van der Waals surface area contributed by atoms with Gasteiger partial charge in [0.25, 0.3) is 0 Å². The molecular weight excluding hydrogens is 544 g/mol. The molecule has 0 fully saturated rings. The number of hydrogen-bond acceptors (Lipinski definition) is 1. The maximum Gasteiger partial charge on any atom is 0.136 e.